The van der Waals surface area contributed by atoms with E-state index in [1.54, 1.807) is 0 Å². The minimum atomic E-state index is -3.39. The highest BCUT2D eigenvalue weighted by molar-refractivity contribution is 7.87. The molecule has 2 saturated heterocycles. The first kappa shape index (κ1) is 18.1. The monoisotopic (exact) mass is 373 g/mol. The van der Waals surface area contributed by atoms with Crippen molar-refractivity contribution in [2.45, 2.75) is 25.4 Å². The highest BCUT2D eigenvalue weighted by Crippen LogP contribution is 2.17. The Hall–Kier alpha value is -0.700. The summed E-state index contributed by atoms with van der Waals surface area (Å²) in [6.45, 7) is 4.47. The lowest BCUT2D eigenvalue weighted by Crippen LogP contribution is -2.52. The zero-order valence-corrected chi connectivity index (χ0v) is 15.2. The van der Waals surface area contributed by atoms with Crippen LogP contribution in [0.2, 0.25) is 5.02 Å². The van der Waals surface area contributed by atoms with Gasteiger partial charge in [-0.15, -0.1) is 0 Å². The molecule has 0 bridgehead atoms. The van der Waals surface area contributed by atoms with Crippen LogP contribution in [0.5, 0.6) is 0 Å². The Labute approximate surface area is 148 Å². The largest absolute Gasteiger partial charge is 0.379 e. The van der Waals surface area contributed by atoms with Crippen LogP contribution >= 0.6 is 11.6 Å². The van der Waals surface area contributed by atoms with Crippen molar-refractivity contribution in [3.05, 3.63) is 34.9 Å². The standard InChI is InChI=1S/C16H24ClN3O3S/c17-15-3-1-14(2-4-15)13-19-7-5-16(6-8-19)18-24(21,22)20-9-11-23-12-10-20/h1-4,16,18H,5-13H2. The molecule has 2 fully saturated rings. The number of halogens is 1. The van der Waals surface area contributed by atoms with Gasteiger partial charge in [-0.1, -0.05) is 23.7 Å². The van der Waals surface area contributed by atoms with Gasteiger partial charge in [0, 0.05) is 43.8 Å². The van der Waals surface area contributed by atoms with Gasteiger partial charge in [0.05, 0.1) is 13.2 Å². The normalized spacial score (nSPS) is 21.9. The number of benzene rings is 1. The number of rotatable bonds is 5. The minimum Gasteiger partial charge on any atom is -0.379 e. The molecule has 0 radical (unpaired) electrons. The van der Waals surface area contributed by atoms with Crippen LogP contribution < -0.4 is 4.72 Å². The van der Waals surface area contributed by atoms with E-state index in [9.17, 15) is 8.42 Å². The van der Waals surface area contributed by atoms with E-state index in [0.29, 0.717) is 26.3 Å². The van der Waals surface area contributed by atoms with Gasteiger partial charge in [-0.2, -0.15) is 17.4 Å². The van der Waals surface area contributed by atoms with Gasteiger partial charge in [0.2, 0.25) is 0 Å². The third-order valence-corrected chi connectivity index (χ3v) is 6.46. The highest BCUT2D eigenvalue weighted by atomic mass is 35.5. The molecule has 2 heterocycles. The molecule has 0 aliphatic carbocycles. The van der Waals surface area contributed by atoms with Crippen LogP contribution in [0.4, 0.5) is 0 Å². The smallest absolute Gasteiger partial charge is 0.279 e. The molecule has 2 aliphatic heterocycles. The van der Waals surface area contributed by atoms with Crippen molar-refractivity contribution >= 4 is 21.8 Å². The molecule has 3 rings (SSSR count). The molecule has 0 spiro atoms. The van der Waals surface area contributed by atoms with Crippen molar-refractivity contribution in [3.8, 4) is 0 Å². The van der Waals surface area contributed by atoms with Crippen LogP contribution in [0, 0.1) is 0 Å². The van der Waals surface area contributed by atoms with E-state index in [1.165, 1.54) is 9.87 Å². The summed E-state index contributed by atoms with van der Waals surface area (Å²) in [6, 6.07) is 7.89. The van der Waals surface area contributed by atoms with E-state index in [2.05, 4.69) is 9.62 Å². The van der Waals surface area contributed by atoms with Gasteiger partial charge in [-0.25, -0.2) is 0 Å². The fourth-order valence-electron chi connectivity index (χ4n) is 3.13. The van der Waals surface area contributed by atoms with Crippen LogP contribution in [-0.4, -0.2) is 63.1 Å². The maximum Gasteiger partial charge on any atom is 0.279 e. The molecule has 0 amide bonds. The maximum atomic E-state index is 12.4. The van der Waals surface area contributed by atoms with E-state index in [0.717, 1.165) is 37.5 Å². The van der Waals surface area contributed by atoms with Crippen LogP contribution in [-0.2, 0) is 21.5 Å². The summed E-state index contributed by atoms with van der Waals surface area (Å²) in [5.41, 5.74) is 1.23. The third kappa shape index (κ3) is 4.91. The molecule has 134 valence electrons. The number of hydrogen-bond donors (Lipinski definition) is 1. The summed E-state index contributed by atoms with van der Waals surface area (Å²) in [7, 11) is -3.39. The molecule has 1 aromatic carbocycles. The Balaban J connectivity index is 1.47. The van der Waals surface area contributed by atoms with Gasteiger partial charge < -0.3 is 4.74 Å². The van der Waals surface area contributed by atoms with E-state index >= 15 is 0 Å². The zero-order chi connectivity index (χ0) is 17.0. The topological polar surface area (TPSA) is 61.9 Å². The van der Waals surface area contributed by atoms with Crippen LogP contribution in [0.15, 0.2) is 24.3 Å². The minimum absolute atomic E-state index is 0.0133. The SMILES string of the molecule is O=S(=O)(NC1CCN(Cc2ccc(Cl)cc2)CC1)N1CCOCC1. The van der Waals surface area contributed by atoms with Crippen LogP contribution in [0.1, 0.15) is 18.4 Å². The first-order valence-electron chi connectivity index (χ1n) is 8.35. The predicted molar refractivity (Wildman–Crippen MR) is 94.2 cm³/mol. The molecule has 0 saturated carbocycles. The molecule has 6 nitrogen and oxygen atoms in total. The number of nitrogens with zero attached hydrogens (tertiary/aromatic N) is 2. The van der Waals surface area contributed by atoms with Crippen molar-refractivity contribution in [2.24, 2.45) is 0 Å². The Bertz CT molecular complexity index is 624. The summed E-state index contributed by atoms with van der Waals surface area (Å²) in [5.74, 6) is 0. The Kier molecular flexibility index (Phi) is 6.12. The number of hydrogen-bond acceptors (Lipinski definition) is 4. The average molecular weight is 374 g/mol. The van der Waals surface area contributed by atoms with Gasteiger partial charge in [-0.05, 0) is 30.5 Å². The molecule has 24 heavy (non-hydrogen) atoms. The van der Waals surface area contributed by atoms with E-state index < -0.39 is 10.2 Å². The third-order valence-electron chi connectivity index (χ3n) is 4.53. The maximum absolute atomic E-state index is 12.4. The summed E-state index contributed by atoms with van der Waals surface area (Å²) in [6.07, 6.45) is 1.66. The Morgan fingerprint density at radius 2 is 1.71 bits per heavy atom. The van der Waals surface area contributed by atoms with Crippen molar-refractivity contribution in [1.29, 1.82) is 0 Å². The second kappa shape index (κ2) is 8.12. The molecule has 0 unspecified atom stereocenters. The van der Waals surface area contributed by atoms with Crippen molar-refractivity contribution in [2.75, 3.05) is 39.4 Å². The Morgan fingerprint density at radius 1 is 1.08 bits per heavy atom. The number of piperidine rings is 1. The molecule has 0 atom stereocenters. The van der Waals surface area contributed by atoms with E-state index in [-0.39, 0.29) is 6.04 Å². The number of morpholine rings is 1. The fourth-order valence-corrected chi connectivity index (χ4v) is 4.69. The van der Waals surface area contributed by atoms with Crippen molar-refractivity contribution in [1.82, 2.24) is 13.9 Å². The second-order valence-electron chi connectivity index (χ2n) is 6.31. The highest BCUT2D eigenvalue weighted by Gasteiger charge is 2.29. The lowest BCUT2D eigenvalue weighted by molar-refractivity contribution is 0.0720. The first-order valence-corrected chi connectivity index (χ1v) is 10.2. The summed E-state index contributed by atoms with van der Waals surface area (Å²) < 4.78 is 34.3. The molecule has 1 aromatic rings. The van der Waals surface area contributed by atoms with Crippen molar-refractivity contribution < 1.29 is 13.2 Å². The lowest BCUT2D eigenvalue weighted by atomic mass is 10.1. The van der Waals surface area contributed by atoms with Gasteiger partial charge in [-0.3, -0.25) is 4.90 Å². The predicted octanol–water partition coefficient (Wildman–Crippen LogP) is 1.47. The molecular formula is C16H24ClN3O3S. The first-order chi connectivity index (χ1) is 11.5. The quantitative estimate of drug-likeness (QED) is 0.849. The molecule has 2 aliphatic rings. The van der Waals surface area contributed by atoms with Crippen molar-refractivity contribution in [3.63, 3.8) is 0 Å². The number of likely N-dealkylation sites (tertiary alicyclic amines) is 1. The zero-order valence-electron chi connectivity index (χ0n) is 13.7. The fraction of sp³-hybridized carbons (Fsp3) is 0.625. The summed E-state index contributed by atoms with van der Waals surface area (Å²) in [4.78, 5) is 2.35. The Morgan fingerprint density at radius 3 is 2.33 bits per heavy atom. The van der Waals surface area contributed by atoms with Crippen LogP contribution in [0.3, 0.4) is 0 Å². The van der Waals surface area contributed by atoms with Gasteiger partial charge >= 0.3 is 0 Å². The number of nitrogens with one attached hydrogen (secondary N) is 1. The molecule has 0 aromatic heterocycles. The molecule has 1 N–H and O–H groups in total. The molecule has 8 heteroatoms. The second-order valence-corrected chi connectivity index (χ2v) is 8.45. The average Bonchev–Trinajstić information content (AvgIpc) is 2.59. The lowest BCUT2D eigenvalue weighted by Gasteiger charge is -2.34. The van der Waals surface area contributed by atoms with Gasteiger partial charge in [0.25, 0.3) is 10.2 Å². The van der Waals surface area contributed by atoms with Crippen LogP contribution in [0.25, 0.3) is 0 Å². The summed E-state index contributed by atoms with van der Waals surface area (Å²) in [5, 5.41) is 0.745. The summed E-state index contributed by atoms with van der Waals surface area (Å²) >= 11 is 5.91. The van der Waals surface area contributed by atoms with E-state index in [1.807, 2.05) is 24.3 Å². The van der Waals surface area contributed by atoms with E-state index in [4.69, 9.17) is 16.3 Å². The van der Waals surface area contributed by atoms with Gasteiger partial charge in [0.1, 0.15) is 0 Å². The number of ether oxygens (including phenoxy) is 1. The molecular weight excluding hydrogens is 350 g/mol. The van der Waals surface area contributed by atoms with Gasteiger partial charge in [0.15, 0.2) is 0 Å².